The molecule has 20 heavy (non-hydrogen) atoms. The SMILES string of the molecule is CC1(CCC2(C)COC(C(N)=O)=N2)COC(C(N)=O)=N1. The Kier molecular flexibility index (Phi) is 3.41. The lowest BCUT2D eigenvalue weighted by molar-refractivity contribution is -0.114. The third-order valence-corrected chi connectivity index (χ3v) is 3.41. The highest BCUT2D eigenvalue weighted by Gasteiger charge is 2.39. The Labute approximate surface area is 116 Å². The van der Waals surface area contributed by atoms with Crippen molar-refractivity contribution in [2.24, 2.45) is 21.5 Å². The molecule has 8 nitrogen and oxygen atoms in total. The number of ether oxygens (including phenoxy) is 2. The minimum absolute atomic E-state index is 0.0401. The van der Waals surface area contributed by atoms with Crippen LogP contribution < -0.4 is 11.5 Å². The summed E-state index contributed by atoms with van der Waals surface area (Å²) >= 11 is 0. The molecular weight excluding hydrogens is 264 g/mol. The molecule has 2 unspecified atom stereocenters. The highest BCUT2D eigenvalue weighted by molar-refractivity contribution is 6.35. The number of nitrogens with zero attached hydrogens (tertiary/aromatic N) is 2. The second kappa shape index (κ2) is 4.77. The predicted octanol–water partition coefficient (Wildman–Crippen LogP) is -0.888. The zero-order chi connectivity index (χ0) is 15.0. The monoisotopic (exact) mass is 282 g/mol. The molecule has 2 aliphatic rings. The molecule has 0 aliphatic carbocycles. The molecule has 8 heteroatoms. The van der Waals surface area contributed by atoms with E-state index >= 15 is 0 Å². The van der Waals surface area contributed by atoms with Crippen molar-refractivity contribution in [2.75, 3.05) is 13.2 Å². The van der Waals surface area contributed by atoms with Crippen LogP contribution in [0.2, 0.25) is 0 Å². The lowest BCUT2D eigenvalue weighted by atomic mass is 9.89. The minimum Gasteiger partial charge on any atom is -0.471 e. The zero-order valence-electron chi connectivity index (χ0n) is 11.5. The van der Waals surface area contributed by atoms with Gasteiger partial charge in [0.2, 0.25) is 0 Å². The average Bonchev–Trinajstić information content (AvgIpc) is 2.93. The molecule has 0 radical (unpaired) electrons. The van der Waals surface area contributed by atoms with Crippen molar-refractivity contribution in [3.63, 3.8) is 0 Å². The van der Waals surface area contributed by atoms with Crippen molar-refractivity contribution < 1.29 is 19.1 Å². The fourth-order valence-corrected chi connectivity index (χ4v) is 2.11. The van der Waals surface area contributed by atoms with E-state index in [0.717, 1.165) is 0 Å². The van der Waals surface area contributed by atoms with E-state index in [-0.39, 0.29) is 11.8 Å². The summed E-state index contributed by atoms with van der Waals surface area (Å²) in [7, 11) is 0. The van der Waals surface area contributed by atoms with Gasteiger partial charge in [0.25, 0.3) is 11.8 Å². The van der Waals surface area contributed by atoms with Crippen LogP contribution in [0.3, 0.4) is 0 Å². The van der Waals surface area contributed by atoms with E-state index in [9.17, 15) is 9.59 Å². The van der Waals surface area contributed by atoms with Crippen molar-refractivity contribution in [2.45, 2.75) is 37.8 Å². The van der Waals surface area contributed by atoms with Gasteiger partial charge in [0.1, 0.15) is 13.2 Å². The molecule has 2 amide bonds. The van der Waals surface area contributed by atoms with E-state index < -0.39 is 22.9 Å². The average molecular weight is 282 g/mol. The quantitative estimate of drug-likeness (QED) is 0.677. The van der Waals surface area contributed by atoms with Gasteiger partial charge in [-0.25, -0.2) is 9.98 Å². The molecule has 0 saturated heterocycles. The molecule has 0 aromatic heterocycles. The number of aliphatic imine (C=N–C) groups is 2. The topological polar surface area (TPSA) is 129 Å². The molecule has 2 heterocycles. The molecular formula is C12H18N4O4. The van der Waals surface area contributed by atoms with Crippen LogP contribution in [0.4, 0.5) is 0 Å². The molecule has 2 rings (SSSR count). The maximum Gasteiger partial charge on any atom is 0.303 e. The lowest BCUT2D eigenvalue weighted by Gasteiger charge is -2.24. The first-order chi connectivity index (χ1) is 9.23. The van der Waals surface area contributed by atoms with E-state index in [4.69, 9.17) is 20.9 Å². The van der Waals surface area contributed by atoms with Crippen LogP contribution in [0.1, 0.15) is 26.7 Å². The van der Waals surface area contributed by atoms with Crippen LogP contribution in [0.15, 0.2) is 9.98 Å². The van der Waals surface area contributed by atoms with Crippen molar-refractivity contribution in [1.82, 2.24) is 0 Å². The van der Waals surface area contributed by atoms with Crippen LogP contribution in [-0.4, -0.2) is 47.9 Å². The first-order valence-electron chi connectivity index (χ1n) is 6.28. The van der Waals surface area contributed by atoms with Crippen molar-refractivity contribution in [3.8, 4) is 0 Å². The number of hydrogen-bond donors (Lipinski definition) is 2. The zero-order valence-corrected chi connectivity index (χ0v) is 11.5. The second-order valence-corrected chi connectivity index (χ2v) is 5.63. The maximum atomic E-state index is 11.0. The fourth-order valence-electron chi connectivity index (χ4n) is 2.11. The van der Waals surface area contributed by atoms with Gasteiger partial charge in [-0.05, 0) is 26.7 Å². The number of carbonyl (C=O) groups excluding carboxylic acids is 2. The Morgan fingerprint density at radius 3 is 1.60 bits per heavy atom. The maximum absolute atomic E-state index is 11.0. The van der Waals surface area contributed by atoms with Crippen molar-refractivity contribution in [1.29, 1.82) is 0 Å². The predicted molar refractivity (Wildman–Crippen MR) is 71.2 cm³/mol. The van der Waals surface area contributed by atoms with Gasteiger partial charge in [-0.2, -0.15) is 0 Å². The molecule has 110 valence electrons. The van der Waals surface area contributed by atoms with Crippen LogP contribution >= 0.6 is 0 Å². The van der Waals surface area contributed by atoms with Gasteiger partial charge in [0.05, 0.1) is 11.1 Å². The summed E-state index contributed by atoms with van der Waals surface area (Å²) in [5.41, 5.74) is 9.22. The van der Waals surface area contributed by atoms with Gasteiger partial charge >= 0.3 is 11.8 Å². The molecule has 0 aromatic rings. The smallest absolute Gasteiger partial charge is 0.303 e. The summed E-state index contributed by atoms with van der Waals surface area (Å²) in [5.74, 6) is -1.42. The summed E-state index contributed by atoms with van der Waals surface area (Å²) in [4.78, 5) is 30.4. The number of nitrogens with two attached hydrogens (primary N) is 2. The third-order valence-electron chi connectivity index (χ3n) is 3.41. The second-order valence-electron chi connectivity index (χ2n) is 5.63. The molecule has 0 fully saturated rings. The Morgan fingerprint density at radius 2 is 1.35 bits per heavy atom. The third kappa shape index (κ3) is 2.89. The van der Waals surface area contributed by atoms with Crippen LogP contribution in [-0.2, 0) is 19.1 Å². The van der Waals surface area contributed by atoms with Gasteiger partial charge < -0.3 is 20.9 Å². The Bertz CT molecular complexity index is 470. The van der Waals surface area contributed by atoms with Gasteiger partial charge in [0, 0.05) is 0 Å². The molecule has 2 aliphatic heterocycles. The normalized spacial score (nSPS) is 32.1. The molecule has 0 aromatic carbocycles. The Morgan fingerprint density at radius 1 is 1.00 bits per heavy atom. The number of rotatable bonds is 5. The summed E-state index contributed by atoms with van der Waals surface area (Å²) < 4.78 is 10.3. The molecule has 0 spiro atoms. The van der Waals surface area contributed by atoms with E-state index in [1.807, 2.05) is 13.8 Å². The molecule has 2 atom stereocenters. The number of carbonyl (C=O) groups is 2. The highest BCUT2D eigenvalue weighted by Crippen LogP contribution is 2.31. The molecule has 4 N–H and O–H groups in total. The van der Waals surface area contributed by atoms with Crippen molar-refractivity contribution >= 4 is 23.6 Å². The van der Waals surface area contributed by atoms with Crippen LogP contribution in [0, 0.1) is 0 Å². The number of primary amides is 2. The van der Waals surface area contributed by atoms with E-state index in [1.165, 1.54) is 0 Å². The van der Waals surface area contributed by atoms with Gasteiger partial charge in [-0.1, -0.05) is 0 Å². The number of hydrogen-bond acceptors (Lipinski definition) is 6. The van der Waals surface area contributed by atoms with Crippen LogP contribution in [0.25, 0.3) is 0 Å². The summed E-state index contributed by atoms with van der Waals surface area (Å²) in [6, 6.07) is 0. The minimum atomic E-state index is -0.668. The summed E-state index contributed by atoms with van der Waals surface area (Å²) in [5, 5.41) is 0. The van der Waals surface area contributed by atoms with Gasteiger partial charge in [-0.15, -0.1) is 0 Å². The van der Waals surface area contributed by atoms with E-state index in [2.05, 4.69) is 9.98 Å². The summed E-state index contributed by atoms with van der Waals surface area (Å²) in [6.07, 6.45) is 1.25. The van der Waals surface area contributed by atoms with Crippen LogP contribution in [0.5, 0.6) is 0 Å². The lowest BCUT2D eigenvalue weighted by Crippen LogP contribution is -2.31. The fraction of sp³-hybridized carbons (Fsp3) is 0.667. The standard InChI is InChI=1S/C12H18N4O4/c1-11(5-19-9(15-11)7(13)17)3-4-12(2)6-20-10(16-12)8(14)18/h3-6H2,1-2H3,(H2,13,17)(H2,14,18). The first-order valence-corrected chi connectivity index (χ1v) is 6.28. The van der Waals surface area contributed by atoms with Gasteiger partial charge in [-0.3, -0.25) is 9.59 Å². The highest BCUT2D eigenvalue weighted by atomic mass is 16.5. The van der Waals surface area contributed by atoms with E-state index in [1.54, 1.807) is 0 Å². The van der Waals surface area contributed by atoms with Gasteiger partial charge in [0.15, 0.2) is 0 Å². The molecule has 0 bridgehead atoms. The Hall–Kier alpha value is -2.12. The van der Waals surface area contributed by atoms with Crippen molar-refractivity contribution in [3.05, 3.63) is 0 Å². The largest absolute Gasteiger partial charge is 0.471 e. The van der Waals surface area contributed by atoms with E-state index in [0.29, 0.717) is 26.1 Å². The first kappa shape index (κ1) is 14.3. The molecule has 0 saturated carbocycles. The number of amides is 2. The Balaban J connectivity index is 2.00. The summed E-state index contributed by atoms with van der Waals surface area (Å²) in [6.45, 7) is 4.35.